The summed E-state index contributed by atoms with van der Waals surface area (Å²) in [5.74, 6) is -0.575. The van der Waals surface area contributed by atoms with E-state index < -0.39 is 0 Å². The highest BCUT2D eigenvalue weighted by molar-refractivity contribution is 7.98. The molecule has 2 heterocycles. The summed E-state index contributed by atoms with van der Waals surface area (Å²) in [5.41, 5.74) is 1.93. The number of nitrogens with zero attached hydrogens (tertiary/aromatic N) is 2. The Hall–Kier alpha value is -2.80. The van der Waals surface area contributed by atoms with E-state index in [0.717, 1.165) is 10.7 Å². The molecule has 0 unspecified atom stereocenters. The summed E-state index contributed by atoms with van der Waals surface area (Å²) in [5, 5.41) is 6.40. The van der Waals surface area contributed by atoms with Gasteiger partial charge in [-0.1, -0.05) is 30.0 Å². The molecule has 26 heavy (non-hydrogen) atoms. The lowest BCUT2D eigenvalue weighted by molar-refractivity contribution is 0.0944. The molecule has 0 spiro atoms. The van der Waals surface area contributed by atoms with Crippen LogP contribution in [0.15, 0.2) is 53.8 Å². The number of pyridine rings is 1. The van der Waals surface area contributed by atoms with Crippen LogP contribution in [0.3, 0.4) is 0 Å². The first-order valence-corrected chi connectivity index (χ1v) is 9.46. The van der Waals surface area contributed by atoms with Crippen molar-refractivity contribution in [2.75, 3.05) is 11.6 Å². The number of carbonyl (C=O) groups excluding carboxylic acids is 2. The molecule has 3 rings (SSSR count). The number of amides is 2. The molecule has 0 atom stereocenters. The van der Waals surface area contributed by atoms with Crippen molar-refractivity contribution < 1.29 is 9.59 Å². The Morgan fingerprint density at radius 3 is 2.54 bits per heavy atom. The van der Waals surface area contributed by atoms with Crippen LogP contribution in [-0.2, 0) is 0 Å². The molecular formula is C19H20N4O2S. The second-order valence-corrected chi connectivity index (χ2v) is 6.80. The fourth-order valence-corrected chi connectivity index (χ4v) is 3.17. The van der Waals surface area contributed by atoms with Gasteiger partial charge in [0.2, 0.25) is 0 Å². The summed E-state index contributed by atoms with van der Waals surface area (Å²) >= 11 is 1.47. The summed E-state index contributed by atoms with van der Waals surface area (Å²) in [4.78, 5) is 29.6. The molecule has 0 bridgehead atoms. The topological polar surface area (TPSA) is 75.5 Å². The number of anilines is 1. The third-order valence-corrected chi connectivity index (χ3v) is 4.41. The van der Waals surface area contributed by atoms with Gasteiger partial charge < -0.3 is 10.6 Å². The molecule has 0 saturated carbocycles. The van der Waals surface area contributed by atoms with E-state index in [9.17, 15) is 9.59 Å². The molecule has 0 aliphatic rings. The highest BCUT2D eigenvalue weighted by Gasteiger charge is 2.19. The molecule has 0 aliphatic carbocycles. The molecule has 0 fully saturated rings. The maximum Gasteiger partial charge on any atom is 0.276 e. The average molecular weight is 368 g/mol. The van der Waals surface area contributed by atoms with Crippen molar-refractivity contribution in [2.24, 2.45) is 0 Å². The van der Waals surface area contributed by atoms with Gasteiger partial charge in [-0.3, -0.25) is 14.0 Å². The summed E-state index contributed by atoms with van der Waals surface area (Å²) in [7, 11) is 0. The van der Waals surface area contributed by atoms with Crippen LogP contribution in [0.5, 0.6) is 0 Å². The molecule has 1 aromatic carbocycles. The lowest BCUT2D eigenvalue weighted by Crippen LogP contribution is -2.31. The molecule has 3 aromatic rings. The van der Waals surface area contributed by atoms with Crippen LogP contribution in [0.25, 0.3) is 5.52 Å². The van der Waals surface area contributed by atoms with Gasteiger partial charge in [0, 0.05) is 12.2 Å². The molecule has 0 aliphatic heterocycles. The van der Waals surface area contributed by atoms with Crippen molar-refractivity contribution in [3.63, 3.8) is 0 Å². The predicted octanol–water partition coefficient (Wildman–Crippen LogP) is 3.45. The van der Waals surface area contributed by atoms with Crippen LogP contribution in [0.4, 0.5) is 5.69 Å². The van der Waals surface area contributed by atoms with Gasteiger partial charge in [-0.05, 0) is 44.4 Å². The average Bonchev–Trinajstić information content (AvgIpc) is 3.00. The van der Waals surface area contributed by atoms with Gasteiger partial charge in [-0.2, -0.15) is 0 Å². The van der Waals surface area contributed by atoms with Crippen LogP contribution in [0.1, 0.15) is 34.7 Å². The number of hydrogen-bond donors (Lipinski definition) is 2. The van der Waals surface area contributed by atoms with Crippen molar-refractivity contribution in [3.8, 4) is 0 Å². The van der Waals surface area contributed by atoms with Crippen LogP contribution >= 0.6 is 11.8 Å². The van der Waals surface area contributed by atoms with E-state index in [1.807, 2.05) is 48.9 Å². The maximum atomic E-state index is 12.8. The number of para-hydroxylation sites is 1. The number of nitrogens with one attached hydrogen (secondary N) is 2. The van der Waals surface area contributed by atoms with Crippen molar-refractivity contribution in [1.82, 2.24) is 14.7 Å². The van der Waals surface area contributed by atoms with Gasteiger partial charge in [0.1, 0.15) is 0 Å². The summed E-state index contributed by atoms with van der Waals surface area (Å²) in [6, 6.07) is 12.5. The van der Waals surface area contributed by atoms with E-state index in [1.165, 1.54) is 11.8 Å². The lowest BCUT2D eigenvalue weighted by atomic mass is 10.1. The van der Waals surface area contributed by atoms with Crippen molar-refractivity contribution in [1.29, 1.82) is 0 Å². The summed E-state index contributed by atoms with van der Waals surface area (Å²) in [6.45, 7) is 3.78. The minimum Gasteiger partial charge on any atom is -0.350 e. The minimum atomic E-state index is -0.348. The van der Waals surface area contributed by atoms with Crippen LogP contribution in [0, 0.1) is 0 Å². The zero-order chi connectivity index (χ0) is 18.7. The Bertz CT molecular complexity index is 965. The standard InChI is InChI=1S/C19H20N4O2S/c1-12(2)20-17(24)13-8-4-5-9-14(13)21-18(25)16-15-10-6-7-11-23(15)19(22-16)26-3/h4-12H,1-3H3,(H,20,24)(H,21,25). The normalized spacial score (nSPS) is 10.9. The fraction of sp³-hybridized carbons (Fsp3) is 0.211. The van der Waals surface area contributed by atoms with Crippen LogP contribution in [0.2, 0.25) is 0 Å². The number of fused-ring (bicyclic) bond motifs is 1. The van der Waals surface area contributed by atoms with Crippen molar-refractivity contribution in [2.45, 2.75) is 25.0 Å². The first-order chi connectivity index (χ1) is 12.5. The molecule has 2 N–H and O–H groups in total. The molecule has 2 aromatic heterocycles. The molecule has 0 radical (unpaired) electrons. The molecule has 6 nitrogen and oxygen atoms in total. The van der Waals surface area contributed by atoms with Gasteiger partial charge in [0.25, 0.3) is 11.8 Å². The number of imidazole rings is 1. The first-order valence-electron chi connectivity index (χ1n) is 8.23. The highest BCUT2D eigenvalue weighted by Crippen LogP contribution is 2.22. The Balaban J connectivity index is 1.94. The van der Waals surface area contributed by atoms with E-state index in [4.69, 9.17) is 0 Å². The van der Waals surface area contributed by atoms with Gasteiger partial charge in [0.15, 0.2) is 10.9 Å². The number of benzene rings is 1. The smallest absolute Gasteiger partial charge is 0.276 e. The zero-order valence-electron chi connectivity index (χ0n) is 14.8. The fourth-order valence-electron chi connectivity index (χ4n) is 2.63. The molecule has 134 valence electrons. The number of hydrogen-bond acceptors (Lipinski definition) is 4. The van der Waals surface area contributed by atoms with Gasteiger partial charge in [0.05, 0.1) is 16.8 Å². The van der Waals surface area contributed by atoms with Gasteiger partial charge in [-0.25, -0.2) is 4.98 Å². The van der Waals surface area contributed by atoms with Crippen molar-refractivity contribution in [3.05, 3.63) is 59.9 Å². The Morgan fingerprint density at radius 1 is 1.08 bits per heavy atom. The number of rotatable bonds is 5. The predicted molar refractivity (Wildman–Crippen MR) is 104 cm³/mol. The molecular weight excluding hydrogens is 348 g/mol. The lowest BCUT2D eigenvalue weighted by Gasteiger charge is -2.12. The Kier molecular flexibility index (Phi) is 5.27. The number of carbonyl (C=O) groups is 2. The minimum absolute atomic E-state index is 0.00692. The number of thioether (sulfide) groups is 1. The third kappa shape index (κ3) is 3.57. The Morgan fingerprint density at radius 2 is 1.81 bits per heavy atom. The molecule has 7 heteroatoms. The Labute approximate surface area is 156 Å². The van der Waals surface area contributed by atoms with E-state index in [1.54, 1.807) is 24.3 Å². The second-order valence-electron chi connectivity index (χ2n) is 6.03. The second kappa shape index (κ2) is 7.61. The molecule has 2 amide bonds. The van der Waals surface area contributed by atoms with E-state index in [2.05, 4.69) is 15.6 Å². The van der Waals surface area contributed by atoms with Gasteiger partial charge >= 0.3 is 0 Å². The molecule has 0 saturated heterocycles. The zero-order valence-corrected chi connectivity index (χ0v) is 15.6. The number of aromatic nitrogens is 2. The monoisotopic (exact) mass is 368 g/mol. The van der Waals surface area contributed by atoms with E-state index in [0.29, 0.717) is 16.9 Å². The maximum absolute atomic E-state index is 12.8. The highest BCUT2D eigenvalue weighted by atomic mass is 32.2. The largest absolute Gasteiger partial charge is 0.350 e. The SMILES string of the molecule is CSc1nc(C(=O)Nc2ccccc2C(=O)NC(C)C)c2ccccn12. The van der Waals surface area contributed by atoms with Crippen LogP contribution < -0.4 is 10.6 Å². The van der Waals surface area contributed by atoms with E-state index >= 15 is 0 Å². The first kappa shape index (κ1) is 18.0. The van der Waals surface area contributed by atoms with Gasteiger partial charge in [-0.15, -0.1) is 0 Å². The summed E-state index contributed by atoms with van der Waals surface area (Å²) in [6.07, 6.45) is 3.78. The third-order valence-electron chi connectivity index (χ3n) is 3.75. The van der Waals surface area contributed by atoms with Crippen LogP contribution in [-0.4, -0.2) is 33.5 Å². The quantitative estimate of drug-likeness (QED) is 0.677. The van der Waals surface area contributed by atoms with Crippen molar-refractivity contribution >= 4 is 34.8 Å². The summed E-state index contributed by atoms with van der Waals surface area (Å²) < 4.78 is 1.87. The van der Waals surface area contributed by atoms with E-state index in [-0.39, 0.29) is 17.9 Å².